The molecule has 1 heterocycles. The third-order valence-corrected chi connectivity index (χ3v) is 9.91. The summed E-state index contributed by atoms with van der Waals surface area (Å²) in [5.41, 5.74) is 0.495. The number of nitrogens with zero attached hydrogens (tertiary/aromatic N) is 3. The van der Waals surface area contributed by atoms with Crippen molar-refractivity contribution >= 4 is 11.9 Å². The topological polar surface area (TPSA) is 76.1 Å². The summed E-state index contributed by atoms with van der Waals surface area (Å²) in [6.07, 6.45) is 10.5. The van der Waals surface area contributed by atoms with Crippen LogP contribution >= 0.6 is 0 Å². The van der Waals surface area contributed by atoms with E-state index in [1.165, 1.54) is 24.8 Å². The predicted octanol–water partition coefficient (Wildman–Crippen LogP) is 3.72. The molecular weight excluding hydrogens is 452 g/mol. The Morgan fingerprint density at radius 2 is 1.75 bits per heavy atom. The zero-order chi connectivity index (χ0) is 25.4. The molecule has 3 aliphatic carbocycles. The fraction of sp³-hybridized carbons (Fsp3) is 0.724. The van der Waals surface area contributed by atoms with Gasteiger partial charge in [0.1, 0.15) is 0 Å². The monoisotopic (exact) mass is 496 g/mol. The van der Waals surface area contributed by atoms with E-state index in [0.717, 1.165) is 51.5 Å². The maximum Gasteiger partial charge on any atom is 0.320 e. The summed E-state index contributed by atoms with van der Waals surface area (Å²) in [4.78, 5) is 32.7. The van der Waals surface area contributed by atoms with Crippen LogP contribution in [-0.4, -0.2) is 83.2 Å². The Labute approximate surface area is 216 Å². The van der Waals surface area contributed by atoms with Crippen molar-refractivity contribution in [1.29, 1.82) is 0 Å². The maximum absolute atomic E-state index is 13.7. The first-order valence-electron chi connectivity index (χ1n) is 14.0. The molecule has 1 saturated heterocycles. The number of carbonyl (C=O) groups is 2. The number of benzene rings is 1. The summed E-state index contributed by atoms with van der Waals surface area (Å²) in [6, 6.07) is 10.9. The van der Waals surface area contributed by atoms with E-state index in [2.05, 4.69) is 59.5 Å². The zero-order valence-corrected chi connectivity index (χ0v) is 22.2. The lowest BCUT2D eigenvalue weighted by molar-refractivity contribution is -0.123. The van der Waals surface area contributed by atoms with Crippen LogP contribution in [0.1, 0.15) is 76.2 Å². The molecule has 7 heteroatoms. The minimum atomic E-state index is -0.720. The van der Waals surface area contributed by atoms with Crippen LogP contribution in [0.25, 0.3) is 0 Å². The zero-order valence-electron chi connectivity index (χ0n) is 22.2. The van der Waals surface area contributed by atoms with Gasteiger partial charge in [0.25, 0.3) is 0 Å². The number of nitrogens with one attached hydrogen (secondary N) is 1. The van der Waals surface area contributed by atoms with Crippen LogP contribution < -0.4 is 5.32 Å². The normalized spacial score (nSPS) is 29.9. The number of amides is 3. The van der Waals surface area contributed by atoms with Gasteiger partial charge in [-0.05, 0) is 83.4 Å². The van der Waals surface area contributed by atoms with Crippen molar-refractivity contribution in [2.45, 2.75) is 87.3 Å². The lowest BCUT2D eigenvalue weighted by atomic mass is 9.68. The van der Waals surface area contributed by atoms with Crippen LogP contribution in [-0.2, 0) is 10.3 Å². The Kier molecular flexibility index (Phi) is 7.07. The average molecular weight is 497 g/mol. The van der Waals surface area contributed by atoms with Gasteiger partial charge in [-0.2, -0.15) is 0 Å². The molecule has 1 aromatic carbocycles. The maximum atomic E-state index is 13.7. The van der Waals surface area contributed by atoms with E-state index in [9.17, 15) is 14.7 Å². The first-order chi connectivity index (χ1) is 17.3. The Morgan fingerprint density at radius 1 is 1.06 bits per heavy atom. The molecule has 2 N–H and O–H groups in total. The van der Waals surface area contributed by atoms with E-state index in [1.54, 1.807) is 0 Å². The van der Waals surface area contributed by atoms with Crippen LogP contribution in [0.5, 0.6) is 0 Å². The molecule has 0 unspecified atom stereocenters. The molecule has 0 bridgehead atoms. The highest BCUT2D eigenvalue weighted by Gasteiger charge is 2.54. The van der Waals surface area contributed by atoms with E-state index >= 15 is 0 Å². The molecule has 1 spiro atoms. The number of aliphatic hydroxyl groups is 1. The summed E-state index contributed by atoms with van der Waals surface area (Å²) in [5.74, 6) is 0.543. The molecule has 3 saturated carbocycles. The van der Waals surface area contributed by atoms with E-state index in [-0.39, 0.29) is 23.0 Å². The van der Waals surface area contributed by atoms with Crippen molar-refractivity contribution in [2.24, 2.45) is 5.92 Å². The van der Waals surface area contributed by atoms with Crippen LogP contribution in [0.4, 0.5) is 4.79 Å². The largest absolute Gasteiger partial charge is 0.388 e. The van der Waals surface area contributed by atoms with Crippen molar-refractivity contribution in [3.63, 3.8) is 0 Å². The molecule has 0 aromatic heterocycles. The quantitative estimate of drug-likeness (QED) is 0.547. The molecular formula is C29H44N4O3. The molecule has 7 nitrogen and oxygen atoms in total. The fourth-order valence-electron chi connectivity index (χ4n) is 6.91. The standard InChI is InChI=1S/C29H44N4O3/c1-31(2)29(24-10-4-3-5-11-24)17-15-27(16-18-29)22-32(26(35)33(27)20-23-8-6-9-23)19-12-25(34)30-21-28(36)13-7-14-28/h3-5,10-11,23,36H,6-9,12-22H2,1-2H3,(H,30,34). The fourth-order valence-corrected chi connectivity index (χ4v) is 6.91. The Balaban J connectivity index is 1.26. The first-order valence-corrected chi connectivity index (χ1v) is 14.0. The third-order valence-electron chi connectivity index (χ3n) is 9.91. The number of hydrogen-bond donors (Lipinski definition) is 2. The summed E-state index contributed by atoms with van der Waals surface area (Å²) < 4.78 is 0. The summed E-state index contributed by atoms with van der Waals surface area (Å²) in [6.45, 7) is 2.34. The Bertz CT molecular complexity index is 933. The number of hydrogen-bond acceptors (Lipinski definition) is 4. The van der Waals surface area contributed by atoms with Crippen molar-refractivity contribution in [2.75, 3.05) is 40.3 Å². The highest BCUT2D eigenvalue weighted by atomic mass is 16.3. The predicted molar refractivity (Wildman–Crippen MR) is 140 cm³/mol. The molecule has 1 aliphatic heterocycles. The first kappa shape index (κ1) is 25.5. The number of rotatable bonds is 9. The smallest absolute Gasteiger partial charge is 0.320 e. The van der Waals surface area contributed by atoms with Crippen LogP contribution in [0.2, 0.25) is 0 Å². The highest BCUT2D eigenvalue weighted by molar-refractivity contribution is 5.80. The van der Waals surface area contributed by atoms with Gasteiger partial charge >= 0.3 is 6.03 Å². The van der Waals surface area contributed by atoms with E-state index in [0.29, 0.717) is 32.0 Å². The summed E-state index contributed by atoms with van der Waals surface area (Å²) in [5, 5.41) is 13.2. The minimum absolute atomic E-state index is 0.00716. The molecule has 4 aliphatic rings. The van der Waals surface area contributed by atoms with Gasteiger partial charge in [-0.15, -0.1) is 0 Å². The molecule has 0 radical (unpaired) electrons. The van der Waals surface area contributed by atoms with E-state index < -0.39 is 5.60 Å². The van der Waals surface area contributed by atoms with Crippen molar-refractivity contribution < 1.29 is 14.7 Å². The second kappa shape index (κ2) is 9.97. The van der Waals surface area contributed by atoms with Crippen LogP contribution in [0, 0.1) is 5.92 Å². The molecule has 4 fully saturated rings. The highest BCUT2D eigenvalue weighted by Crippen LogP contribution is 2.49. The minimum Gasteiger partial charge on any atom is -0.388 e. The molecule has 5 rings (SSSR count). The van der Waals surface area contributed by atoms with Gasteiger partial charge < -0.3 is 20.2 Å². The van der Waals surface area contributed by atoms with Crippen LogP contribution in [0.3, 0.4) is 0 Å². The lowest BCUT2D eigenvalue weighted by Crippen LogP contribution is -2.56. The van der Waals surface area contributed by atoms with Crippen molar-refractivity contribution in [3.8, 4) is 0 Å². The Morgan fingerprint density at radius 3 is 2.31 bits per heavy atom. The van der Waals surface area contributed by atoms with Gasteiger partial charge in [0.15, 0.2) is 0 Å². The molecule has 198 valence electrons. The van der Waals surface area contributed by atoms with Gasteiger partial charge in [-0.3, -0.25) is 9.69 Å². The molecule has 1 aromatic rings. The molecule has 3 amide bonds. The second-order valence-corrected chi connectivity index (χ2v) is 12.2. The van der Waals surface area contributed by atoms with Gasteiger partial charge in [0.05, 0.1) is 11.1 Å². The van der Waals surface area contributed by atoms with Gasteiger partial charge in [-0.1, -0.05) is 36.8 Å². The van der Waals surface area contributed by atoms with Gasteiger partial charge in [0.2, 0.25) is 5.91 Å². The number of carbonyl (C=O) groups excluding carboxylic acids is 2. The summed E-state index contributed by atoms with van der Waals surface area (Å²) in [7, 11) is 4.36. The van der Waals surface area contributed by atoms with Crippen molar-refractivity contribution in [3.05, 3.63) is 35.9 Å². The molecule has 0 atom stereocenters. The SMILES string of the molecule is CN(C)C1(c2ccccc2)CCC2(CC1)CN(CCC(=O)NCC1(O)CCC1)C(=O)N2CC1CCC1. The summed E-state index contributed by atoms with van der Waals surface area (Å²) >= 11 is 0. The lowest BCUT2D eigenvalue weighted by Gasteiger charge is -2.51. The number of urea groups is 1. The van der Waals surface area contributed by atoms with E-state index in [4.69, 9.17) is 0 Å². The van der Waals surface area contributed by atoms with E-state index in [1.807, 2.05) is 4.90 Å². The van der Waals surface area contributed by atoms with Crippen LogP contribution in [0.15, 0.2) is 30.3 Å². The molecule has 36 heavy (non-hydrogen) atoms. The third kappa shape index (κ3) is 4.76. The van der Waals surface area contributed by atoms with Gasteiger partial charge in [-0.25, -0.2) is 4.79 Å². The average Bonchev–Trinajstić information content (AvgIpc) is 3.08. The van der Waals surface area contributed by atoms with Crippen molar-refractivity contribution in [1.82, 2.24) is 20.0 Å². The second-order valence-electron chi connectivity index (χ2n) is 12.2. The Hall–Kier alpha value is -2.12. The van der Waals surface area contributed by atoms with Gasteiger partial charge in [0, 0.05) is 38.1 Å².